The Morgan fingerprint density at radius 1 is 1.00 bits per heavy atom. The first-order valence-electron chi connectivity index (χ1n) is 7.86. The summed E-state index contributed by atoms with van der Waals surface area (Å²) in [5.74, 6) is -0.226. The molecule has 0 saturated heterocycles. The molecule has 0 aliphatic heterocycles. The number of amides is 1. The summed E-state index contributed by atoms with van der Waals surface area (Å²) < 4.78 is 28.6. The number of carbonyl (C=O) groups excluding carboxylic acids is 1. The smallest absolute Gasteiger partial charge is 0.253 e. The number of para-hydroxylation sites is 1. The van der Waals surface area contributed by atoms with E-state index >= 15 is 0 Å². The predicted molar refractivity (Wildman–Crippen MR) is 96.9 cm³/mol. The molecule has 0 aliphatic carbocycles. The Kier molecular flexibility index (Phi) is 4.87. The largest absolute Gasteiger partial charge is 0.351 e. The molecule has 6 nitrogen and oxygen atoms in total. The Morgan fingerprint density at radius 3 is 2.44 bits per heavy atom. The molecule has 3 aromatic rings. The molecule has 0 spiro atoms. The molecule has 1 heterocycles. The molecule has 3 rings (SSSR count). The van der Waals surface area contributed by atoms with Gasteiger partial charge in [-0.25, -0.2) is 13.1 Å². The third-order valence-corrected chi connectivity index (χ3v) is 5.37. The fourth-order valence-electron chi connectivity index (χ4n) is 2.66. The lowest BCUT2D eigenvalue weighted by molar-refractivity contribution is 0.0956. The van der Waals surface area contributed by atoms with Crippen LogP contribution in [0.4, 0.5) is 0 Å². The third kappa shape index (κ3) is 3.72. The average Bonchev–Trinajstić information content (AvgIpc) is 2.97. The number of nitrogens with one attached hydrogen (secondary N) is 2. The van der Waals surface area contributed by atoms with Gasteiger partial charge < -0.3 is 9.88 Å². The van der Waals surface area contributed by atoms with Crippen molar-refractivity contribution in [3.05, 3.63) is 66.4 Å². The lowest BCUT2D eigenvalue weighted by atomic mass is 10.1. The van der Waals surface area contributed by atoms with Gasteiger partial charge in [-0.3, -0.25) is 4.79 Å². The van der Waals surface area contributed by atoms with E-state index in [4.69, 9.17) is 0 Å². The number of sulfonamides is 1. The van der Waals surface area contributed by atoms with Gasteiger partial charge in [-0.1, -0.05) is 36.4 Å². The van der Waals surface area contributed by atoms with E-state index in [-0.39, 0.29) is 23.9 Å². The summed E-state index contributed by atoms with van der Waals surface area (Å²) in [6, 6.07) is 15.8. The van der Waals surface area contributed by atoms with Crippen molar-refractivity contribution >= 4 is 26.8 Å². The maximum absolute atomic E-state index is 12.4. The molecule has 2 aromatic carbocycles. The molecule has 0 aliphatic rings. The van der Waals surface area contributed by atoms with Gasteiger partial charge in [-0.2, -0.15) is 0 Å². The number of nitrogens with zero attached hydrogens (tertiary/aromatic N) is 1. The molecule has 0 radical (unpaired) electrons. The highest BCUT2D eigenvalue weighted by Gasteiger charge is 2.15. The Hall–Kier alpha value is -2.64. The van der Waals surface area contributed by atoms with Crippen LogP contribution in [0.25, 0.3) is 10.9 Å². The second kappa shape index (κ2) is 7.08. The molecule has 1 aromatic heterocycles. The van der Waals surface area contributed by atoms with Crippen LogP contribution in [0.1, 0.15) is 10.4 Å². The van der Waals surface area contributed by atoms with Gasteiger partial charge in [-0.05, 0) is 18.2 Å². The second-order valence-corrected chi connectivity index (χ2v) is 7.40. The minimum Gasteiger partial charge on any atom is -0.351 e. The number of rotatable bonds is 6. The van der Waals surface area contributed by atoms with Gasteiger partial charge in [0.05, 0.1) is 10.5 Å². The number of fused-ring (bicyclic) bond motifs is 1. The topological polar surface area (TPSA) is 80.2 Å². The van der Waals surface area contributed by atoms with Crippen molar-refractivity contribution in [1.29, 1.82) is 0 Å². The first kappa shape index (κ1) is 17.2. The van der Waals surface area contributed by atoms with Crippen molar-refractivity contribution in [3.63, 3.8) is 0 Å². The number of aryl methyl sites for hydroxylation is 1. The number of aromatic nitrogens is 1. The highest BCUT2D eigenvalue weighted by atomic mass is 32.2. The van der Waals surface area contributed by atoms with Crippen molar-refractivity contribution in [2.75, 3.05) is 13.1 Å². The number of carbonyl (C=O) groups is 1. The van der Waals surface area contributed by atoms with E-state index in [9.17, 15) is 13.2 Å². The van der Waals surface area contributed by atoms with Gasteiger partial charge >= 0.3 is 0 Å². The van der Waals surface area contributed by atoms with Crippen molar-refractivity contribution in [1.82, 2.24) is 14.6 Å². The molecule has 0 bridgehead atoms. The molecule has 0 saturated carbocycles. The van der Waals surface area contributed by atoms with E-state index in [2.05, 4.69) is 10.0 Å². The maximum Gasteiger partial charge on any atom is 0.253 e. The number of benzene rings is 2. The molecule has 25 heavy (non-hydrogen) atoms. The van der Waals surface area contributed by atoms with E-state index in [1.54, 1.807) is 24.4 Å². The van der Waals surface area contributed by atoms with Gasteiger partial charge in [0.1, 0.15) is 0 Å². The van der Waals surface area contributed by atoms with E-state index in [0.717, 1.165) is 10.9 Å². The molecule has 0 unspecified atom stereocenters. The van der Waals surface area contributed by atoms with Crippen LogP contribution in [0.3, 0.4) is 0 Å². The Morgan fingerprint density at radius 2 is 1.68 bits per heavy atom. The summed E-state index contributed by atoms with van der Waals surface area (Å²) in [6.45, 7) is 0.321. The Balaban J connectivity index is 1.60. The summed E-state index contributed by atoms with van der Waals surface area (Å²) in [4.78, 5) is 12.6. The SMILES string of the molecule is Cn1cc(C(=O)NCCNS(=O)(=O)c2ccccc2)c2ccccc21. The van der Waals surface area contributed by atoms with Gasteiger partial charge in [0, 0.05) is 37.2 Å². The molecular weight excluding hydrogens is 338 g/mol. The molecule has 1 amide bonds. The van der Waals surface area contributed by atoms with Crippen LogP contribution in [0, 0.1) is 0 Å². The summed E-state index contributed by atoms with van der Waals surface area (Å²) in [7, 11) is -1.68. The summed E-state index contributed by atoms with van der Waals surface area (Å²) in [5, 5.41) is 3.62. The Labute approximate surface area is 146 Å². The van der Waals surface area contributed by atoms with E-state index < -0.39 is 10.0 Å². The van der Waals surface area contributed by atoms with Crippen LogP contribution >= 0.6 is 0 Å². The van der Waals surface area contributed by atoms with Crippen LogP contribution in [-0.2, 0) is 17.1 Å². The lowest BCUT2D eigenvalue weighted by Crippen LogP contribution is -2.34. The summed E-state index contributed by atoms with van der Waals surface area (Å²) in [5.41, 5.74) is 1.54. The third-order valence-electron chi connectivity index (χ3n) is 3.90. The normalized spacial score (nSPS) is 11.6. The highest BCUT2D eigenvalue weighted by molar-refractivity contribution is 7.89. The lowest BCUT2D eigenvalue weighted by Gasteiger charge is -2.07. The van der Waals surface area contributed by atoms with Crippen LogP contribution in [0.5, 0.6) is 0 Å². The van der Waals surface area contributed by atoms with Crippen LogP contribution in [-0.4, -0.2) is 32.0 Å². The first-order chi connectivity index (χ1) is 12.0. The van der Waals surface area contributed by atoms with Crippen molar-refractivity contribution in [3.8, 4) is 0 Å². The van der Waals surface area contributed by atoms with Crippen LogP contribution in [0.15, 0.2) is 65.7 Å². The monoisotopic (exact) mass is 357 g/mol. The fourth-order valence-corrected chi connectivity index (χ4v) is 3.72. The minimum absolute atomic E-state index is 0.119. The van der Waals surface area contributed by atoms with Crippen LogP contribution < -0.4 is 10.0 Å². The molecular formula is C18H19N3O3S. The molecule has 7 heteroatoms. The van der Waals surface area contributed by atoms with Gasteiger partial charge in [0.2, 0.25) is 10.0 Å². The van der Waals surface area contributed by atoms with Crippen LogP contribution in [0.2, 0.25) is 0 Å². The fraction of sp³-hybridized carbons (Fsp3) is 0.167. The van der Waals surface area contributed by atoms with Gasteiger partial charge in [-0.15, -0.1) is 0 Å². The number of hydrogen-bond donors (Lipinski definition) is 2. The van der Waals surface area contributed by atoms with Crippen molar-refractivity contribution in [2.24, 2.45) is 7.05 Å². The molecule has 0 fully saturated rings. The van der Waals surface area contributed by atoms with E-state index in [1.165, 1.54) is 12.1 Å². The van der Waals surface area contributed by atoms with E-state index in [0.29, 0.717) is 5.56 Å². The zero-order chi connectivity index (χ0) is 17.9. The summed E-state index contributed by atoms with van der Waals surface area (Å²) >= 11 is 0. The second-order valence-electron chi connectivity index (χ2n) is 5.64. The predicted octanol–water partition coefficient (Wildman–Crippen LogP) is 1.89. The zero-order valence-electron chi connectivity index (χ0n) is 13.8. The molecule has 0 atom stereocenters. The van der Waals surface area contributed by atoms with Crippen molar-refractivity contribution in [2.45, 2.75) is 4.90 Å². The summed E-state index contributed by atoms with van der Waals surface area (Å²) in [6.07, 6.45) is 1.77. The molecule has 130 valence electrons. The van der Waals surface area contributed by atoms with Gasteiger partial charge in [0.25, 0.3) is 5.91 Å². The highest BCUT2D eigenvalue weighted by Crippen LogP contribution is 2.19. The average molecular weight is 357 g/mol. The standard InChI is InChI=1S/C18H19N3O3S/c1-21-13-16(15-9-5-6-10-17(15)21)18(22)19-11-12-20-25(23,24)14-7-3-2-4-8-14/h2-10,13,20H,11-12H2,1H3,(H,19,22). The maximum atomic E-state index is 12.4. The number of hydrogen-bond acceptors (Lipinski definition) is 3. The van der Waals surface area contributed by atoms with Gasteiger partial charge in [0.15, 0.2) is 0 Å². The van der Waals surface area contributed by atoms with Crippen molar-refractivity contribution < 1.29 is 13.2 Å². The Bertz CT molecular complexity index is 995. The zero-order valence-corrected chi connectivity index (χ0v) is 14.6. The molecule has 2 N–H and O–H groups in total. The minimum atomic E-state index is -3.56. The van der Waals surface area contributed by atoms with E-state index in [1.807, 2.05) is 35.9 Å². The first-order valence-corrected chi connectivity index (χ1v) is 9.34. The quantitative estimate of drug-likeness (QED) is 0.661.